The smallest absolute Gasteiger partial charge is 0.362 e. The molecule has 74 heavy (non-hydrogen) atoms. The van der Waals surface area contributed by atoms with Gasteiger partial charge in [-0.3, -0.25) is 0 Å². The molecule has 2 aromatic heterocycles. The molecule has 2 aliphatic carbocycles. The summed E-state index contributed by atoms with van der Waals surface area (Å²) >= 11 is 0. The van der Waals surface area contributed by atoms with Crippen molar-refractivity contribution in [1.82, 2.24) is 0 Å². The van der Waals surface area contributed by atoms with E-state index in [1.54, 1.807) is 0 Å². The largest absolute Gasteiger partial charge is 0.415 e. The molecule has 12 aromatic carbocycles. The van der Waals surface area contributed by atoms with Gasteiger partial charge in [0.05, 0.1) is 0 Å². The topological polar surface area (TPSA) is 7.76 Å². The predicted octanol–water partition coefficient (Wildman–Crippen LogP) is 11.8. The van der Waals surface area contributed by atoms with Crippen LogP contribution in [0.4, 0.5) is 0 Å². The summed E-state index contributed by atoms with van der Waals surface area (Å²) in [7, 11) is 0. The number of nitrogens with zero attached hydrogens (tertiary/aromatic N) is 2. The second kappa shape index (κ2) is 13.0. The van der Waals surface area contributed by atoms with Crippen LogP contribution >= 0.6 is 0 Å². The van der Waals surface area contributed by atoms with Crippen LogP contribution in [0.2, 0.25) is 0 Å². The third kappa shape index (κ3) is 4.11. The molecule has 14 aromatic rings. The van der Waals surface area contributed by atoms with Crippen molar-refractivity contribution >= 4 is 110 Å². The maximum absolute atomic E-state index is 2.54. The highest BCUT2D eigenvalue weighted by atomic mass is 14.9. The van der Waals surface area contributed by atoms with E-state index in [0.29, 0.717) is 0 Å². The normalized spacial score (nSPS) is 17.3. The zero-order valence-corrected chi connectivity index (χ0v) is 40.1. The van der Waals surface area contributed by atoms with E-state index in [9.17, 15) is 0 Å². The maximum Gasteiger partial charge on any atom is 0.362 e. The van der Waals surface area contributed by atoms with Gasteiger partial charge in [0.2, 0.25) is 0 Å². The minimum Gasteiger partial charge on any atom is -0.415 e. The summed E-state index contributed by atoms with van der Waals surface area (Å²) in [6, 6.07) is 82.7. The first kappa shape index (κ1) is 38.3. The number of fused-ring (bicyclic) bond motifs is 8. The van der Waals surface area contributed by atoms with Gasteiger partial charge in [-0.1, -0.05) is 194 Å². The molecule has 0 N–H and O–H groups in total. The molecule has 0 saturated carbocycles. The van der Waals surface area contributed by atoms with Crippen LogP contribution in [0.15, 0.2) is 243 Å². The SMILES string of the molecule is c1cc[n+]([B@-]23c4ccc5cccc6c5c4-c4c-6ccc5ccc(c2c45)-c2cccc4cccc3c24)cc1.c1cc[n+]([B@@-]23c4ccc5cccc6c5c4-c4c-6ccc5ccc(c2c45)-c2cccc4cccc3c24)cc1. The van der Waals surface area contributed by atoms with Gasteiger partial charge in [-0.05, 0) is 156 Å². The Balaban J connectivity index is 0.000000114. The lowest BCUT2D eigenvalue weighted by molar-refractivity contribution is -0.539. The van der Waals surface area contributed by atoms with Crippen LogP contribution in [0, 0.1) is 0 Å². The molecule has 6 aliphatic rings. The molecule has 0 fully saturated rings. The van der Waals surface area contributed by atoms with Crippen LogP contribution in [0.3, 0.4) is 0 Å². The third-order valence-electron chi connectivity index (χ3n) is 19.2. The van der Waals surface area contributed by atoms with E-state index in [1.807, 2.05) is 0 Å². The predicted molar refractivity (Wildman–Crippen MR) is 311 cm³/mol. The van der Waals surface area contributed by atoms with Gasteiger partial charge in [0.25, 0.3) is 0 Å². The second-order valence-electron chi connectivity index (χ2n) is 21.9. The van der Waals surface area contributed by atoms with Crippen molar-refractivity contribution in [2.45, 2.75) is 0 Å². The van der Waals surface area contributed by atoms with Crippen molar-refractivity contribution in [3.05, 3.63) is 243 Å². The molecule has 2 nitrogen and oxygen atoms in total. The van der Waals surface area contributed by atoms with Gasteiger partial charge in [0.1, 0.15) is 24.8 Å². The van der Waals surface area contributed by atoms with E-state index in [-0.39, 0.29) is 0 Å². The summed E-state index contributed by atoms with van der Waals surface area (Å²) in [4.78, 5) is 0. The Bertz CT molecular complexity index is 4700. The van der Waals surface area contributed by atoms with Crippen LogP contribution in [-0.4, -0.2) is 12.6 Å². The molecule has 4 heteroatoms. The lowest BCUT2D eigenvalue weighted by atomic mass is 9.19. The molecule has 0 amide bonds. The van der Waals surface area contributed by atoms with Crippen LogP contribution < -0.4 is 41.7 Å². The molecule has 2 atom stereocenters. The van der Waals surface area contributed by atoms with Gasteiger partial charge in [-0.2, -0.15) is 0 Å². The molecule has 0 unspecified atom stereocenters. The lowest BCUT2D eigenvalue weighted by Crippen LogP contribution is -2.86. The zero-order valence-electron chi connectivity index (χ0n) is 40.1. The Hall–Kier alpha value is -9.37. The lowest BCUT2D eigenvalue weighted by Gasteiger charge is -2.46. The molecule has 336 valence electrons. The fourth-order valence-electron chi connectivity index (χ4n) is 16.8. The standard InChI is InChI=1S/2C35H20BN/c2*1-2-19-37(20-3-1)36-28-12-6-9-21-7-4-11-25(30(21)28)27-17-14-23-13-16-26-24-10-5-8-22-15-18-29(36)34(31(22)24)33(26)32(23)35(27)36/h2*1-20H/t2*36-/m10/s1. The molecule has 0 radical (unpaired) electrons. The number of hydrogen-bond acceptors (Lipinski definition) is 0. The monoisotopic (exact) mass is 930 g/mol. The fraction of sp³-hybridized carbons (Fsp3) is 0. The van der Waals surface area contributed by atoms with Gasteiger partial charge < -0.3 is 8.96 Å². The van der Waals surface area contributed by atoms with Crippen molar-refractivity contribution in [3.63, 3.8) is 0 Å². The van der Waals surface area contributed by atoms with E-state index < -0.39 is 12.6 Å². The van der Waals surface area contributed by atoms with E-state index in [1.165, 1.54) is 164 Å². The van der Waals surface area contributed by atoms with E-state index >= 15 is 0 Å². The van der Waals surface area contributed by atoms with E-state index in [4.69, 9.17) is 0 Å². The Morgan fingerprint density at radius 1 is 0.203 bits per heavy atom. The number of pyridine rings is 2. The Morgan fingerprint density at radius 2 is 0.527 bits per heavy atom. The first-order valence-corrected chi connectivity index (χ1v) is 26.4. The Kier molecular flexibility index (Phi) is 6.73. The van der Waals surface area contributed by atoms with Gasteiger partial charge in [-0.15, -0.1) is 32.8 Å². The maximum atomic E-state index is 2.54. The highest BCUT2D eigenvalue weighted by Crippen LogP contribution is 2.55. The van der Waals surface area contributed by atoms with Gasteiger partial charge in [0, 0.05) is 0 Å². The highest BCUT2D eigenvalue weighted by Gasteiger charge is 2.55. The summed E-state index contributed by atoms with van der Waals surface area (Å²) in [6.07, 6.45) is 6.25. The number of aromatic nitrogens is 2. The van der Waals surface area contributed by atoms with Crippen molar-refractivity contribution < 1.29 is 8.96 Å². The number of rotatable bonds is 2. The highest BCUT2D eigenvalue weighted by molar-refractivity contribution is 7.11. The average Bonchev–Trinajstić information content (AvgIpc) is 4.07. The molecular formula is C70H40B2N2. The van der Waals surface area contributed by atoms with Crippen molar-refractivity contribution in [2.24, 2.45) is 0 Å². The van der Waals surface area contributed by atoms with Gasteiger partial charge >= 0.3 is 12.6 Å². The average molecular weight is 931 g/mol. The van der Waals surface area contributed by atoms with Crippen LogP contribution in [0.5, 0.6) is 0 Å². The van der Waals surface area contributed by atoms with E-state index in [0.717, 1.165) is 0 Å². The Labute approximate surface area is 426 Å². The van der Waals surface area contributed by atoms with Gasteiger partial charge in [-0.25, -0.2) is 0 Å². The van der Waals surface area contributed by atoms with Gasteiger partial charge in [0.15, 0.2) is 0 Å². The third-order valence-corrected chi connectivity index (χ3v) is 19.2. The number of hydrogen-bond donors (Lipinski definition) is 0. The molecule has 4 aliphatic heterocycles. The molecular weight excluding hydrogens is 890 g/mol. The quantitative estimate of drug-likeness (QED) is 0.153. The summed E-state index contributed by atoms with van der Waals surface area (Å²) in [6.45, 7) is 0. The fourth-order valence-corrected chi connectivity index (χ4v) is 16.8. The van der Waals surface area contributed by atoms with Crippen LogP contribution in [0.1, 0.15) is 0 Å². The molecule has 0 saturated heterocycles. The molecule has 20 rings (SSSR count). The first-order valence-electron chi connectivity index (χ1n) is 26.4. The van der Waals surface area contributed by atoms with E-state index in [2.05, 4.69) is 252 Å². The van der Waals surface area contributed by atoms with Crippen molar-refractivity contribution in [3.8, 4) is 66.8 Å². The minimum absolute atomic E-state index is 1.32. The second-order valence-corrected chi connectivity index (χ2v) is 21.9. The minimum atomic E-state index is -1.46. The summed E-state index contributed by atoms with van der Waals surface area (Å²) in [5.74, 6) is 0. The molecule has 0 spiro atoms. The Morgan fingerprint density at radius 3 is 0.932 bits per heavy atom. The zero-order chi connectivity index (χ0) is 47.8. The molecule has 6 heterocycles. The summed E-state index contributed by atoms with van der Waals surface area (Å²) < 4.78 is 5.08. The van der Waals surface area contributed by atoms with Crippen LogP contribution in [-0.2, 0) is 0 Å². The van der Waals surface area contributed by atoms with Crippen LogP contribution in [0.25, 0.3) is 131 Å². The van der Waals surface area contributed by atoms with Crippen molar-refractivity contribution in [2.75, 3.05) is 0 Å². The summed E-state index contributed by atoms with van der Waals surface area (Å²) in [5.41, 5.74) is 25.5. The molecule has 0 bridgehead atoms. The first-order chi connectivity index (χ1) is 36.7. The summed E-state index contributed by atoms with van der Waals surface area (Å²) in [5, 5.41) is 16.5. The number of benzene rings is 12. The van der Waals surface area contributed by atoms with Crippen molar-refractivity contribution in [1.29, 1.82) is 0 Å².